The van der Waals surface area contributed by atoms with Crippen LogP contribution in [0.15, 0.2) is 6.20 Å². The van der Waals surface area contributed by atoms with Crippen LogP contribution in [0.3, 0.4) is 0 Å². The van der Waals surface area contributed by atoms with Gasteiger partial charge in [0.05, 0.1) is 12.7 Å². The molecule has 7 heteroatoms. The van der Waals surface area contributed by atoms with E-state index in [0.29, 0.717) is 12.1 Å². The first kappa shape index (κ1) is 13.0. The van der Waals surface area contributed by atoms with Crippen LogP contribution in [-0.4, -0.2) is 46.6 Å². The van der Waals surface area contributed by atoms with Crippen LogP contribution in [-0.2, 0) is 11.8 Å². The molecule has 2 amide bonds. The summed E-state index contributed by atoms with van der Waals surface area (Å²) in [6.45, 7) is 2.36. The van der Waals surface area contributed by atoms with Gasteiger partial charge in [0.15, 0.2) is 0 Å². The van der Waals surface area contributed by atoms with Gasteiger partial charge in [-0.15, -0.1) is 0 Å². The number of amides is 2. The Morgan fingerprint density at radius 2 is 2.24 bits per heavy atom. The summed E-state index contributed by atoms with van der Waals surface area (Å²) in [5, 5.41) is 6.50. The summed E-state index contributed by atoms with van der Waals surface area (Å²) < 4.78 is 1.41. The standard InChI is InChI=1S/C10H17N5O2/c1-4-12-8(16)6-14(2)10(17)7-5-13-15(3)9(7)11/h5H,4,6,11H2,1-3H3,(H,12,16). The fourth-order valence-corrected chi connectivity index (χ4v) is 1.36. The third-order valence-corrected chi connectivity index (χ3v) is 2.32. The minimum Gasteiger partial charge on any atom is -0.383 e. The second-order valence-corrected chi connectivity index (χ2v) is 3.68. The van der Waals surface area contributed by atoms with E-state index in [0.717, 1.165) is 0 Å². The lowest BCUT2D eigenvalue weighted by molar-refractivity contribution is -0.121. The number of anilines is 1. The van der Waals surface area contributed by atoms with Crippen LogP contribution in [0, 0.1) is 0 Å². The number of hydrogen-bond acceptors (Lipinski definition) is 4. The molecule has 0 atom stereocenters. The summed E-state index contributed by atoms with van der Waals surface area (Å²) in [4.78, 5) is 24.6. The number of nitrogens with two attached hydrogens (primary N) is 1. The van der Waals surface area contributed by atoms with Gasteiger partial charge in [-0.1, -0.05) is 0 Å². The largest absolute Gasteiger partial charge is 0.383 e. The zero-order valence-corrected chi connectivity index (χ0v) is 10.2. The number of nitrogens with one attached hydrogen (secondary N) is 1. The van der Waals surface area contributed by atoms with Crippen LogP contribution in [0.5, 0.6) is 0 Å². The summed E-state index contributed by atoms with van der Waals surface area (Å²) in [7, 11) is 3.19. The van der Waals surface area contributed by atoms with Gasteiger partial charge in [-0.25, -0.2) is 0 Å². The van der Waals surface area contributed by atoms with Gasteiger partial charge in [-0.3, -0.25) is 14.3 Å². The van der Waals surface area contributed by atoms with Gasteiger partial charge >= 0.3 is 0 Å². The molecular formula is C10H17N5O2. The zero-order valence-electron chi connectivity index (χ0n) is 10.2. The van der Waals surface area contributed by atoms with Crippen molar-refractivity contribution in [1.29, 1.82) is 0 Å². The van der Waals surface area contributed by atoms with E-state index < -0.39 is 0 Å². The Hall–Kier alpha value is -2.05. The molecule has 0 aliphatic heterocycles. The molecule has 94 valence electrons. The molecule has 0 saturated carbocycles. The first-order valence-electron chi connectivity index (χ1n) is 5.27. The van der Waals surface area contributed by atoms with Crippen LogP contribution in [0.4, 0.5) is 5.82 Å². The lowest BCUT2D eigenvalue weighted by atomic mass is 10.3. The Labute approximate surface area is 99.6 Å². The number of hydrogen-bond donors (Lipinski definition) is 2. The number of nitrogens with zero attached hydrogens (tertiary/aromatic N) is 3. The molecule has 1 rings (SSSR count). The molecule has 0 aliphatic rings. The van der Waals surface area contributed by atoms with E-state index in [-0.39, 0.29) is 24.2 Å². The number of carbonyl (C=O) groups excluding carboxylic acids is 2. The lowest BCUT2D eigenvalue weighted by Crippen LogP contribution is -2.38. The van der Waals surface area contributed by atoms with Crippen LogP contribution in [0.2, 0.25) is 0 Å². The third kappa shape index (κ3) is 2.96. The second kappa shape index (κ2) is 5.33. The van der Waals surface area contributed by atoms with E-state index in [4.69, 9.17) is 5.73 Å². The zero-order chi connectivity index (χ0) is 13.0. The first-order chi connectivity index (χ1) is 7.97. The van der Waals surface area contributed by atoms with Crippen LogP contribution < -0.4 is 11.1 Å². The second-order valence-electron chi connectivity index (χ2n) is 3.68. The van der Waals surface area contributed by atoms with Crippen LogP contribution in [0.1, 0.15) is 17.3 Å². The SMILES string of the molecule is CCNC(=O)CN(C)C(=O)c1cnn(C)c1N. The van der Waals surface area contributed by atoms with Crippen LogP contribution >= 0.6 is 0 Å². The highest BCUT2D eigenvalue weighted by Gasteiger charge is 2.19. The van der Waals surface area contributed by atoms with E-state index in [1.165, 1.54) is 15.8 Å². The predicted octanol–water partition coefficient (Wildman–Crippen LogP) is -0.790. The molecule has 0 radical (unpaired) electrons. The maximum Gasteiger partial charge on any atom is 0.259 e. The summed E-state index contributed by atoms with van der Waals surface area (Å²) in [6.07, 6.45) is 1.39. The molecule has 0 saturated heterocycles. The van der Waals surface area contributed by atoms with E-state index in [1.54, 1.807) is 14.1 Å². The molecule has 1 aromatic heterocycles. The summed E-state index contributed by atoms with van der Waals surface area (Å²) >= 11 is 0. The minimum atomic E-state index is -0.318. The van der Waals surface area contributed by atoms with Crippen molar-refractivity contribution in [3.63, 3.8) is 0 Å². The normalized spacial score (nSPS) is 10.1. The molecule has 1 aromatic rings. The van der Waals surface area contributed by atoms with Gasteiger partial charge in [-0.05, 0) is 6.92 Å². The van der Waals surface area contributed by atoms with Crippen molar-refractivity contribution in [3.05, 3.63) is 11.8 Å². The molecule has 3 N–H and O–H groups in total. The van der Waals surface area contributed by atoms with E-state index in [9.17, 15) is 9.59 Å². The van der Waals surface area contributed by atoms with Gasteiger partial charge in [0.25, 0.3) is 5.91 Å². The van der Waals surface area contributed by atoms with Gasteiger partial charge in [0.2, 0.25) is 5.91 Å². The van der Waals surface area contributed by atoms with Crippen molar-refractivity contribution < 1.29 is 9.59 Å². The highest BCUT2D eigenvalue weighted by molar-refractivity contribution is 5.99. The molecule has 0 aliphatic carbocycles. The smallest absolute Gasteiger partial charge is 0.259 e. The predicted molar refractivity (Wildman–Crippen MR) is 63.3 cm³/mol. The average molecular weight is 239 g/mol. The Bertz CT molecular complexity index is 426. The van der Waals surface area contributed by atoms with Crippen molar-refractivity contribution in [3.8, 4) is 0 Å². The molecule has 0 aromatic carbocycles. The number of aryl methyl sites for hydroxylation is 1. The van der Waals surface area contributed by atoms with Gasteiger partial charge < -0.3 is 16.0 Å². The van der Waals surface area contributed by atoms with Crippen molar-refractivity contribution >= 4 is 17.6 Å². The topological polar surface area (TPSA) is 93.2 Å². The van der Waals surface area contributed by atoms with Crippen molar-refractivity contribution in [2.75, 3.05) is 25.9 Å². The van der Waals surface area contributed by atoms with E-state index in [2.05, 4.69) is 10.4 Å². The summed E-state index contributed by atoms with van der Waals surface area (Å²) in [5.41, 5.74) is 5.99. The Balaban J connectivity index is 2.70. The third-order valence-electron chi connectivity index (χ3n) is 2.32. The molecule has 0 spiro atoms. The number of aromatic nitrogens is 2. The van der Waals surface area contributed by atoms with E-state index in [1.807, 2.05) is 6.92 Å². The average Bonchev–Trinajstić information content (AvgIpc) is 2.59. The van der Waals surface area contributed by atoms with Crippen molar-refractivity contribution in [2.24, 2.45) is 7.05 Å². The molecule has 0 unspecified atom stereocenters. The van der Waals surface area contributed by atoms with Crippen molar-refractivity contribution in [2.45, 2.75) is 6.92 Å². The maximum absolute atomic E-state index is 11.9. The lowest BCUT2D eigenvalue weighted by Gasteiger charge is -2.15. The molecular weight excluding hydrogens is 222 g/mol. The van der Waals surface area contributed by atoms with Crippen molar-refractivity contribution in [1.82, 2.24) is 20.0 Å². The highest BCUT2D eigenvalue weighted by Crippen LogP contribution is 2.11. The summed E-state index contributed by atoms with van der Waals surface area (Å²) in [6, 6.07) is 0. The number of nitrogen functional groups attached to an aromatic ring is 1. The number of rotatable bonds is 4. The fourth-order valence-electron chi connectivity index (χ4n) is 1.36. The maximum atomic E-state index is 11.9. The fraction of sp³-hybridized carbons (Fsp3) is 0.500. The minimum absolute atomic E-state index is 0.001000. The number of likely N-dealkylation sites (N-methyl/N-ethyl adjacent to an activating group) is 2. The summed E-state index contributed by atoms with van der Waals surface area (Å²) in [5.74, 6) is -0.231. The first-order valence-corrected chi connectivity index (χ1v) is 5.27. The molecule has 17 heavy (non-hydrogen) atoms. The Morgan fingerprint density at radius 1 is 1.59 bits per heavy atom. The molecule has 7 nitrogen and oxygen atoms in total. The van der Waals surface area contributed by atoms with Crippen LogP contribution in [0.25, 0.3) is 0 Å². The quantitative estimate of drug-likeness (QED) is 0.720. The van der Waals surface area contributed by atoms with Gasteiger partial charge in [0, 0.05) is 20.6 Å². The molecule has 0 fully saturated rings. The van der Waals surface area contributed by atoms with E-state index >= 15 is 0 Å². The highest BCUT2D eigenvalue weighted by atomic mass is 16.2. The Morgan fingerprint density at radius 3 is 2.71 bits per heavy atom. The Kier molecular flexibility index (Phi) is 4.08. The molecule has 0 bridgehead atoms. The number of carbonyl (C=O) groups is 2. The molecule has 1 heterocycles. The van der Waals surface area contributed by atoms with Gasteiger partial charge in [-0.2, -0.15) is 5.10 Å². The monoisotopic (exact) mass is 239 g/mol. The van der Waals surface area contributed by atoms with Gasteiger partial charge in [0.1, 0.15) is 11.4 Å².